The molecule has 0 aromatic carbocycles. The zero-order valence-corrected chi connectivity index (χ0v) is 42.2. The molecule has 6 nitrogen and oxygen atoms in total. The molecule has 0 saturated heterocycles. The molecule has 0 aromatic heterocycles. The highest BCUT2D eigenvalue weighted by Gasteiger charge is 2.19. The first kappa shape index (κ1) is 61.3. The van der Waals surface area contributed by atoms with Gasteiger partial charge in [-0.1, -0.05) is 208 Å². The number of unbranched alkanes of at least 4 members (excludes halogenated alkanes) is 20. The van der Waals surface area contributed by atoms with E-state index in [1.165, 1.54) is 96.3 Å². The predicted octanol–water partition coefficient (Wildman–Crippen LogP) is 17.8. The zero-order valence-electron chi connectivity index (χ0n) is 42.2. The van der Waals surface area contributed by atoms with Gasteiger partial charge < -0.3 is 14.2 Å². The molecule has 0 aliphatic carbocycles. The highest BCUT2D eigenvalue weighted by atomic mass is 16.6. The predicted molar refractivity (Wildman–Crippen MR) is 279 cm³/mol. The normalized spacial score (nSPS) is 12.8. The van der Waals surface area contributed by atoms with Gasteiger partial charge in [-0.3, -0.25) is 14.4 Å². The highest BCUT2D eigenvalue weighted by Crippen LogP contribution is 2.13. The van der Waals surface area contributed by atoms with Crippen molar-refractivity contribution in [1.82, 2.24) is 0 Å². The van der Waals surface area contributed by atoms with Gasteiger partial charge in [0.05, 0.1) is 0 Å². The molecule has 65 heavy (non-hydrogen) atoms. The summed E-state index contributed by atoms with van der Waals surface area (Å²) < 4.78 is 16.7. The van der Waals surface area contributed by atoms with E-state index in [-0.39, 0.29) is 31.6 Å². The molecule has 6 heteroatoms. The maximum atomic E-state index is 12.8. The van der Waals surface area contributed by atoms with Gasteiger partial charge in [-0.25, -0.2) is 0 Å². The minimum atomic E-state index is -0.827. The first-order valence-corrected chi connectivity index (χ1v) is 26.7. The zero-order chi connectivity index (χ0) is 47.2. The van der Waals surface area contributed by atoms with Crippen molar-refractivity contribution in [3.05, 3.63) is 97.2 Å². The van der Waals surface area contributed by atoms with E-state index in [1.54, 1.807) is 0 Å². The molecule has 0 rings (SSSR count). The van der Waals surface area contributed by atoms with Crippen LogP contribution >= 0.6 is 0 Å². The second-order valence-electron chi connectivity index (χ2n) is 17.4. The summed E-state index contributed by atoms with van der Waals surface area (Å²) in [6.07, 6.45) is 69.7. The number of esters is 3. The largest absolute Gasteiger partial charge is 0.462 e. The van der Waals surface area contributed by atoms with Crippen LogP contribution in [0.25, 0.3) is 0 Å². The van der Waals surface area contributed by atoms with Gasteiger partial charge in [0.1, 0.15) is 13.2 Å². The first-order valence-electron chi connectivity index (χ1n) is 26.7. The number of allylic oxidation sites excluding steroid dienone is 16. The van der Waals surface area contributed by atoms with Gasteiger partial charge in [0.2, 0.25) is 0 Å². The summed E-state index contributed by atoms with van der Waals surface area (Å²) in [6, 6.07) is 0. The first-order chi connectivity index (χ1) is 32.0. The fourth-order valence-electron chi connectivity index (χ4n) is 7.04. The van der Waals surface area contributed by atoms with Crippen molar-refractivity contribution < 1.29 is 28.6 Å². The summed E-state index contributed by atoms with van der Waals surface area (Å²) in [5, 5.41) is 0. The summed E-state index contributed by atoms with van der Waals surface area (Å²) >= 11 is 0. The molecule has 0 spiro atoms. The van der Waals surface area contributed by atoms with Gasteiger partial charge in [-0.15, -0.1) is 0 Å². The van der Waals surface area contributed by atoms with E-state index in [2.05, 4.69) is 106 Å². The van der Waals surface area contributed by atoms with Gasteiger partial charge in [0, 0.05) is 19.3 Å². The van der Waals surface area contributed by atoms with Crippen LogP contribution in [0.15, 0.2) is 97.2 Å². The van der Waals surface area contributed by atoms with Gasteiger partial charge in [0.25, 0.3) is 0 Å². The van der Waals surface area contributed by atoms with Crippen LogP contribution in [0.3, 0.4) is 0 Å². The Hall–Kier alpha value is -3.67. The van der Waals surface area contributed by atoms with Gasteiger partial charge in [0.15, 0.2) is 6.10 Å². The van der Waals surface area contributed by atoms with Crippen molar-refractivity contribution >= 4 is 17.9 Å². The number of hydrogen-bond donors (Lipinski definition) is 0. The number of carbonyl (C=O) groups is 3. The van der Waals surface area contributed by atoms with Crippen LogP contribution in [0.5, 0.6) is 0 Å². The lowest BCUT2D eigenvalue weighted by atomic mass is 10.1. The third kappa shape index (κ3) is 51.2. The molecule has 0 bridgehead atoms. The Morgan fingerprint density at radius 2 is 0.631 bits per heavy atom. The molecule has 1 unspecified atom stereocenters. The molecule has 1 atom stereocenters. The van der Waals surface area contributed by atoms with Crippen molar-refractivity contribution in [2.75, 3.05) is 13.2 Å². The number of carbonyl (C=O) groups excluding carboxylic acids is 3. The summed E-state index contributed by atoms with van der Waals surface area (Å²) in [5.41, 5.74) is 0. The average Bonchev–Trinajstić information content (AvgIpc) is 3.30. The van der Waals surface area contributed by atoms with E-state index in [0.29, 0.717) is 19.3 Å². The van der Waals surface area contributed by atoms with E-state index in [9.17, 15) is 14.4 Å². The van der Waals surface area contributed by atoms with Crippen LogP contribution < -0.4 is 0 Å². The summed E-state index contributed by atoms with van der Waals surface area (Å²) in [7, 11) is 0. The Morgan fingerprint density at radius 1 is 0.323 bits per heavy atom. The lowest BCUT2D eigenvalue weighted by Gasteiger charge is -2.18. The molecule has 0 fully saturated rings. The van der Waals surface area contributed by atoms with Crippen LogP contribution in [-0.2, 0) is 28.6 Å². The molecule has 0 aliphatic heterocycles. The van der Waals surface area contributed by atoms with Crippen molar-refractivity contribution in [2.24, 2.45) is 0 Å². The molecule has 0 amide bonds. The molecule has 370 valence electrons. The number of hydrogen-bond acceptors (Lipinski definition) is 6. The van der Waals surface area contributed by atoms with Gasteiger partial charge in [-0.05, 0) is 109 Å². The number of rotatable bonds is 47. The van der Waals surface area contributed by atoms with E-state index < -0.39 is 12.1 Å². The molecule has 0 aromatic rings. The van der Waals surface area contributed by atoms with Gasteiger partial charge >= 0.3 is 17.9 Å². The smallest absolute Gasteiger partial charge is 0.306 e. The lowest BCUT2D eigenvalue weighted by Crippen LogP contribution is -2.30. The number of ether oxygens (including phenoxy) is 3. The minimum Gasteiger partial charge on any atom is -0.462 e. The molecular weight excluding hydrogens is 805 g/mol. The molecule has 0 N–H and O–H groups in total. The molecule has 0 saturated carbocycles. The van der Waals surface area contributed by atoms with Crippen LogP contribution in [0.1, 0.15) is 239 Å². The van der Waals surface area contributed by atoms with Crippen molar-refractivity contribution in [3.8, 4) is 0 Å². The Bertz CT molecular complexity index is 1310. The molecule has 0 radical (unpaired) electrons. The third-order valence-electron chi connectivity index (χ3n) is 11.1. The van der Waals surface area contributed by atoms with Crippen LogP contribution in [0.2, 0.25) is 0 Å². The maximum absolute atomic E-state index is 12.8. The molecular formula is C59H98O6. The Labute approximate surface area is 400 Å². The summed E-state index contributed by atoms with van der Waals surface area (Å²) in [5.74, 6) is -1.03. The van der Waals surface area contributed by atoms with Gasteiger partial charge in [-0.2, -0.15) is 0 Å². The van der Waals surface area contributed by atoms with Crippen LogP contribution in [0.4, 0.5) is 0 Å². The standard InChI is InChI=1S/C59H98O6/c1-4-7-10-13-16-19-22-25-28-30-32-34-37-40-43-46-49-52-58(61)64-55-56(54-63-57(60)51-48-45-42-39-36-33-27-24-21-18-15-12-9-6-3)65-59(62)53-50-47-44-41-38-35-31-29-26-23-20-17-14-11-8-5-2/h8,11,16-17,19-20,25-26,28-29,33,35-36,38,44,47,56H,4-7,9-10,12-15,18,21-24,27,30-32,34,37,39-43,45-46,48-55H2,1-3H3/b11-8-,19-16-,20-17-,28-25-,29-26-,36-33-,38-35-,47-44-. The lowest BCUT2D eigenvalue weighted by molar-refractivity contribution is -0.166. The fraction of sp³-hybridized carbons (Fsp3) is 0.678. The van der Waals surface area contributed by atoms with Crippen molar-refractivity contribution in [3.63, 3.8) is 0 Å². The van der Waals surface area contributed by atoms with E-state index >= 15 is 0 Å². The van der Waals surface area contributed by atoms with Crippen molar-refractivity contribution in [2.45, 2.75) is 245 Å². The van der Waals surface area contributed by atoms with Crippen LogP contribution in [-0.4, -0.2) is 37.2 Å². The second-order valence-corrected chi connectivity index (χ2v) is 17.4. The van der Waals surface area contributed by atoms with Crippen molar-refractivity contribution in [1.29, 1.82) is 0 Å². The summed E-state index contributed by atoms with van der Waals surface area (Å²) in [6.45, 7) is 6.41. The fourth-order valence-corrected chi connectivity index (χ4v) is 7.04. The average molecular weight is 903 g/mol. The second kappa shape index (κ2) is 52.9. The van der Waals surface area contributed by atoms with E-state index in [0.717, 1.165) is 96.3 Å². The Morgan fingerprint density at radius 3 is 1.06 bits per heavy atom. The minimum absolute atomic E-state index is 0.117. The quantitative estimate of drug-likeness (QED) is 0.0262. The van der Waals surface area contributed by atoms with Crippen LogP contribution in [0, 0.1) is 0 Å². The molecule has 0 heterocycles. The monoisotopic (exact) mass is 903 g/mol. The SMILES string of the molecule is CC/C=C\C/C=C\C/C=C\C/C=C\C/C=C\CCC(=O)OC(COC(=O)CCCCC/C=C\CCCCCCCCC)COC(=O)CCCCCCCCC/C=C\C/C=C\CCCCC. The topological polar surface area (TPSA) is 78.9 Å². The van der Waals surface area contributed by atoms with E-state index in [1.807, 2.05) is 12.2 Å². The molecule has 0 aliphatic rings. The Balaban J connectivity index is 4.53. The summed E-state index contributed by atoms with van der Waals surface area (Å²) in [4.78, 5) is 38.0. The highest BCUT2D eigenvalue weighted by molar-refractivity contribution is 5.71. The third-order valence-corrected chi connectivity index (χ3v) is 11.1. The van der Waals surface area contributed by atoms with E-state index in [4.69, 9.17) is 14.2 Å². The maximum Gasteiger partial charge on any atom is 0.306 e. The Kier molecular flexibility index (Phi) is 50.0.